The summed E-state index contributed by atoms with van der Waals surface area (Å²) in [6.45, 7) is 3.85. The summed E-state index contributed by atoms with van der Waals surface area (Å²) in [6, 6.07) is 19.8. The minimum atomic E-state index is -0.545. The van der Waals surface area contributed by atoms with Crippen molar-refractivity contribution in [3.63, 3.8) is 0 Å². The lowest BCUT2D eigenvalue weighted by molar-refractivity contribution is 0.201. The van der Waals surface area contributed by atoms with Crippen LogP contribution in [-0.4, -0.2) is 30.6 Å². The number of halogens is 1. The quantitative estimate of drug-likeness (QED) is 0.515. The number of ether oxygens (including phenoxy) is 1. The lowest BCUT2D eigenvalue weighted by atomic mass is 10.0. The van der Waals surface area contributed by atoms with Gasteiger partial charge in [0.1, 0.15) is 5.82 Å². The van der Waals surface area contributed by atoms with Gasteiger partial charge in [-0.1, -0.05) is 42.5 Å². The SMILES string of the molecule is Nc1cc(-c2ccc(F)cc2)ccc1OC(=O)NCCc1ccc(CN2CCCC2)cc1. The first-order valence-electron chi connectivity index (χ1n) is 11.0. The van der Waals surface area contributed by atoms with E-state index in [1.54, 1.807) is 30.3 Å². The van der Waals surface area contributed by atoms with Crippen LogP contribution in [0.15, 0.2) is 66.7 Å². The largest absolute Gasteiger partial charge is 0.412 e. The Morgan fingerprint density at radius 1 is 0.938 bits per heavy atom. The molecule has 1 fully saturated rings. The van der Waals surface area contributed by atoms with Gasteiger partial charge in [0.15, 0.2) is 5.75 Å². The summed E-state index contributed by atoms with van der Waals surface area (Å²) in [5.41, 5.74) is 10.5. The number of nitrogen functional groups attached to an aromatic ring is 1. The molecule has 0 saturated carbocycles. The van der Waals surface area contributed by atoms with Crippen LogP contribution in [0.2, 0.25) is 0 Å². The van der Waals surface area contributed by atoms with E-state index in [1.807, 2.05) is 0 Å². The Morgan fingerprint density at radius 2 is 1.59 bits per heavy atom. The fourth-order valence-corrected chi connectivity index (χ4v) is 3.92. The highest BCUT2D eigenvalue weighted by atomic mass is 19.1. The molecule has 1 amide bonds. The number of likely N-dealkylation sites (tertiary alicyclic amines) is 1. The molecule has 0 atom stereocenters. The molecule has 1 heterocycles. The van der Waals surface area contributed by atoms with E-state index < -0.39 is 6.09 Å². The van der Waals surface area contributed by atoms with Crippen LogP contribution < -0.4 is 15.8 Å². The third-order valence-electron chi connectivity index (χ3n) is 5.70. The number of hydrogen-bond acceptors (Lipinski definition) is 4. The average molecular weight is 434 g/mol. The summed E-state index contributed by atoms with van der Waals surface area (Å²) in [6.07, 6.45) is 2.77. The first-order valence-corrected chi connectivity index (χ1v) is 11.0. The molecular formula is C26H28FN3O2. The lowest BCUT2D eigenvalue weighted by Gasteiger charge is -2.14. The number of nitrogens with one attached hydrogen (secondary N) is 1. The topological polar surface area (TPSA) is 67.6 Å². The molecule has 0 unspecified atom stereocenters. The third-order valence-corrected chi connectivity index (χ3v) is 5.70. The number of anilines is 1. The number of rotatable bonds is 7. The zero-order chi connectivity index (χ0) is 22.3. The highest BCUT2D eigenvalue weighted by Crippen LogP contribution is 2.28. The maximum absolute atomic E-state index is 13.1. The Hall–Kier alpha value is -3.38. The highest BCUT2D eigenvalue weighted by Gasteiger charge is 2.12. The van der Waals surface area contributed by atoms with Crippen molar-refractivity contribution in [1.82, 2.24) is 10.2 Å². The van der Waals surface area contributed by atoms with E-state index >= 15 is 0 Å². The Labute approximate surface area is 188 Å². The standard InChI is InChI=1S/C26H28FN3O2/c27-23-10-7-21(8-11-23)22-9-12-25(24(28)17-22)32-26(31)29-14-13-19-3-5-20(6-4-19)18-30-15-1-2-16-30/h3-12,17H,1-2,13-16,18,28H2,(H,29,31). The van der Waals surface area contributed by atoms with Gasteiger partial charge in [-0.2, -0.15) is 0 Å². The molecule has 5 nitrogen and oxygen atoms in total. The second-order valence-corrected chi connectivity index (χ2v) is 8.13. The zero-order valence-electron chi connectivity index (χ0n) is 18.0. The number of nitrogens with two attached hydrogens (primary N) is 1. The molecule has 1 aliphatic heterocycles. The van der Waals surface area contributed by atoms with Crippen LogP contribution >= 0.6 is 0 Å². The monoisotopic (exact) mass is 433 g/mol. The van der Waals surface area contributed by atoms with Gasteiger partial charge in [-0.3, -0.25) is 4.90 Å². The van der Waals surface area contributed by atoms with Crippen molar-refractivity contribution in [2.45, 2.75) is 25.8 Å². The van der Waals surface area contributed by atoms with Crippen LogP contribution in [0.3, 0.4) is 0 Å². The summed E-state index contributed by atoms with van der Waals surface area (Å²) < 4.78 is 18.4. The number of carbonyl (C=O) groups excluding carboxylic acids is 1. The molecule has 0 bridgehead atoms. The zero-order valence-corrected chi connectivity index (χ0v) is 18.0. The van der Waals surface area contributed by atoms with Gasteiger partial charge in [0, 0.05) is 13.1 Å². The van der Waals surface area contributed by atoms with Crippen LogP contribution in [0.4, 0.5) is 14.9 Å². The van der Waals surface area contributed by atoms with Gasteiger partial charge in [-0.25, -0.2) is 9.18 Å². The van der Waals surface area contributed by atoms with Crippen LogP contribution in [0.25, 0.3) is 11.1 Å². The fourth-order valence-electron chi connectivity index (χ4n) is 3.92. The number of hydrogen-bond donors (Lipinski definition) is 2. The van der Waals surface area contributed by atoms with E-state index in [0.29, 0.717) is 18.0 Å². The summed E-state index contributed by atoms with van der Waals surface area (Å²) in [5, 5.41) is 2.77. The van der Waals surface area contributed by atoms with Crippen LogP contribution in [0.1, 0.15) is 24.0 Å². The van der Waals surface area contributed by atoms with E-state index in [1.165, 1.54) is 49.2 Å². The minimum Gasteiger partial charge on any atom is -0.408 e. The predicted octanol–water partition coefficient (Wildman–Crippen LogP) is 5.00. The normalized spacial score (nSPS) is 13.8. The second kappa shape index (κ2) is 10.3. The number of nitrogens with zero attached hydrogens (tertiary/aromatic N) is 1. The molecule has 1 aliphatic rings. The van der Waals surface area contributed by atoms with Gasteiger partial charge >= 0.3 is 6.09 Å². The summed E-state index contributed by atoms with van der Waals surface area (Å²) in [7, 11) is 0. The van der Waals surface area contributed by atoms with Gasteiger partial charge in [0.25, 0.3) is 0 Å². The Kier molecular flexibility index (Phi) is 7.02. The van der Waals surface area contributed by atoms with Crippen LogP contribution in [0, 0.1) is 5.82 Å². The molecular weight excluding hydrogens is 405 g/mol. The van der Waals surface area contributed by atoms with Crippen molar-refractivity contribution >= 4 is 11.8 Å². The average Bonchev–Trinajstić information content (AvgIpc) is 3.30. The van der Waals surface area contributed by atoms with E-state index in [0.717, 1.165) is 24.1 Å². The van der Waals surface area contributed by atoms with Crippen LogP contribution in [0.5, 0.6) is 5.75 Å². The Bertz CT molecular complexity index is 1050. The molecule has 3 N–H and O–H groups in total. The number of carbonyl (C=O) groups is 1. The Balaban J connectivity index is 1.24. The summed E-state index contributed by atoms with van der Waals surface area (Å²) in [5.74, 6) is -0.00371. The molecule has 4 rings (SSSR count). The summed E-state index contributed by atoms with van der Waals surface area (Å²) >= 11 is 0. The van der Waals surface area contributed by atoms with E-state index in [-0.39, 0.29) is 5.82 Å². The maximum atomic E-state index is 13.1. The van der Waals surface area contributed by atoms with Gasteiger partial charge in [0.2, 0.25) is 0 Å². The molecule has 166 valence electrons. The summed E-state index contributed by atoms with van der Waals surface area (Å²) in [4.78, 5) is 14.6. The van der Waals surface area contributed by atoms with Crippen molar-refractivity contribution in [2.75, 3.05) is 25.4 Å². The van der Waals surface area contributed by atoms with Crippen molar-refractivity contribution in [1.29, 1.82) is 0 Å². The molecule has 0 aliphatic carbocycles. The van der Waals surface area contributed by atoms with Crippen LogP contribution in [-0.2, 0) is 13.0 Å². The van der Waals surface area contributed by atoms with Crippen molar-refractivity contribution in [2.24, 2.45) is 0 Å². The predicted molar refractivity (Wildman–Crippen MR) is 125 cm³/mol. The molecule has 3 aromatic carbocycles. The molecule has 0 radical (unpaired) electrons. The van der Waals surface area contributed by atoms with E-state index in [4.69, 9.17) is 10.5 Å². The molecule has 1 saturated heterocycles. The van der Waals surface area contributed by atoms with Crippen molar-refractivity contribution < 1.29 is 13.9 Å². The molecule has 3 aromatic rings. The minimum absolute atomic E-state index is 0.291. The molecule has 0 spiro atoms. The molecule has 32 heavy (non-hydrogen) atoms. The lowest BCUT2D eigenvalue weighted by Crippen LogP contribution is -2.29. The first-order chi connectivity index (χ1) is 15.6. The van der Waals surface area contributed by atoms with Crippen molar-refractivity contribution in [3.8, 4) is 16.9 Å². The third kappa shape index (κ3) is 5.86. The molecule has 0 aromatic heterocycles. The van der Waals surface area contributed by atoms with E-state index in [9.17, 15) is 9.18 Å². The van der Waals surface area contributed by atoms with Gasteiger partial charge in [-0.15, -0.1) is 0 Å². The van der Waals surface area contributed by atoms with Gasteiger partial charge in [0.05, 0.1) is 5.69 Å². The second-order valence-electron chi connectivity index (χ2n) is 8.13. The number of amides is 1. The maximum Gasteiger partial charge on any atom is 0.412 e. The molecule has 6 heteroatoms. The van der Waals surface area contributed by atoms with E-state index in [2.05, 4.69) is 34.5 Å². The van der Waals surface area contributed by atoms with Crippen molar-refractivity contribution in [3.05, 3.63) is 83.7 Å². The first kappa shape index (κ1) is 21.8. The smallest absolute Gasteiger partial charge is 0.408 e. The fraction of sp³-hybridized carbons (Fsp3) is 0.269. The number of benzene rings is 3. The van der Waals surface area contributed by atoms with Gasteiger partial charge in [-0.05, 0) is 78.9 Å². The highest BCUT2D eigenvalue weighted by molar-refractivity contribution is 5.76. The Morgan fingerprint density at radius 3 is 2.28 bits per heavy atom. The van der Waals surface area contributed by atoms with Gasteiger partial charge < -0.3 is 15.8 Å².